The monoisotopic (exact) mass is 400 g/mol. The average molecular weight is 401 g/mol. The molecule has 0 aromatic heterocycles. The first kappa shape index (κ1) is 21.2. The lowest BCUT2D eigenvalue weighted by molar-refractivity contribution is -0.136. The Bertz CT molecular complexity index is 706. The van der Waals surface area contributed by atoms with Crippen molar-refractivity contribution in [3.05, 3.63) is 46.5 Å². The molecule has 0 radical (unpaired) electrons. The van der Waals surface area contributed by atoms with E-state index in [1.165, 1.54) is 24.3 Å². The van der Waals surface area contributed by atoms with E-state index in [-0.39, 0.29) is 10.1 Å². The Morgan fingerprint density at radius 2 is 1.08 bits per heavy atom. The van der Waals surface area contributed by atoms with E-state index >= 15 is 0 Å². The molecule has 1 aromatic carbocycles. The topological polar surface area (TPSA) is 111 Å². The molecule has 0 aliphatic carbocycles. The van der Waals surface area contributed by atoms with Crippen molar-refractivity contribution in [1.29, 1.82) is 0 Å². The molecule has 8 nitrogen and oxygen atoms in total. The summed E-state index contributed by atoms with van der Waals surface area (Å²) in [6.07, 6.45) is 1.76. The number of carbonyl (C=O) groups excluding carboxylic acids is 4. The first-order valence-electron chi connectivity index (χ1n) is 6.90. The number of hydrogen-bond acceptors (Lipinski definition) is 6. The summed E-state index contributed by atoms with van der Waals surface area (Å²) >= 11 is 11.2. The number of rotatable bonds is 6. The number of carbonyl (C=O) groups is 4. The van der Waals surface area contributed by atoms with Gasteiger partial charge in [-0.3, -0.25) is 9.59 Å². The highest BCUT2D eigenvalue weighted by Crippen LogP contribution is 2.15. The van der Waals surface area contributed by atoms with Crippen LogP contribution in [0.4, 0.5) is 11.4 Å². The van der Waals surface area contributed by atoms with Crippen LogP contribution in [0.25, 0.3) is 0 Å². The quantitative estimate of drug-likeness (QED) is 0.558. The van der Waals surface area contributed by atoms with Gasteiger partial charge in [-0.15, -0.1) is 0 Å². The molecule has 0 unspecified atom stereocenters. The summed E-state index contributed by atoms with van der Waals surface area (Å²) in [6, 6.07) is 6.00. The second-order valence-electron chi connectivity index (χ2n) is 4.52. The fourth-order valence-electron chi connectivity index (χ4n) is 1.54. The lowest BCUT2D eigenvalue weighted by Crippen LogP contribution is -2.12. The number of anilines is 2. The van der Waals surface area contributed by atoms with Gasteiger partial charge in [0.05, 0.1) is 14.2 Å². The smallest absolute Gasteiger partial charge is 0.349 e. The lowest BCUT2D eigenvalue weighted by atomic mass is 10.2. The van der Waals surface area contributed by atoms with Crippen molar-refractivity contribution in [2.75, 3.05) is 24.9 Å². The van der Waals surface area contributed by atoms with Crippen molar-refractivity contribution in [2.24, 2.45) is 0 Å². The number of methoxy groups -OCH3 is 2. The molecule has 0 heterocycles. The minimum absolute atomic E-state index is 0.372. The van der Waals surface area contributed by atoms with E-state index in [4.69, 9.17) is 23.2 Å². The standard InChI is InChI=1S/C16H14Cl2N2O6/c1-25-15(23)11(17)7-13(21)19-9-3-5-10(6-4-9)20-14(22)8-12(18)16(24)26-2/h3-8H,1-2H3,(H,19,21)(H,20,22)/b11-7+,12-8+. The van der Waals surface area contributed by atoms with Crippen LogP contribution in [0.5, 0.6) is 0 Å². The van der Waals surface area contributed by atoms with Gasteiger partial charge in [-0.25, -0.2) is 9.59 Å². The van der Waals surface area contributed by atoms with Gasteiger partial charge in [0.25, 0.3) is 0 Å². The highest BCUT2D eigenvalue weighted by molar-refractivity contribution is 6.43. The summed E-state index contributed by atoms with van der Waals surface area (Å²) in [4.78, 5) is 45.6. The number of nitrogens with one attached hydrogen (secondary N) is 2. The SMILES string of the molecule is COC(=O)/C(Cl)=C\C(=O)Nc1ccc(NC(=O)/C=C(/Cl)C(=O)OC)cc1. The van der Waals surface area contributed by atoms with E-state index in [2.05, 4.69) is 20.1 Å². The van der Waals surface area contributed by atoms with E-state index in [1.807, 2.05) is 0 Å². The summed E-state index contributed by atoms with van der Waals surface area (Å²) in [7, 11) is 2.27. The van der Waals surface area contributed by atoms with Crippen molar-refractivity contribution in [3.63, 3.8) is 0 Å². The van der Waals surface area contributed by atoms with Crippen LogP contribution in [0.2, 0.25) is 0 Å². The summed E-state index contributed by atoms with van der Waals surface area (Å²) in [5.41, 5.74) is 0.781. The molecule has 0 saturated heterocycles. The van der Waals surface area contributed by atoms with Gasteiger partial charge in [0, 0.05) is 23.5 Å². The third-order valence-corrected chi connectivity index (χ3v) is 3.22. The zero-order chi connectivity index (χ0) is 19.7. The average Bonchev–Trinajstić information content (AvgIpc) is 2.61. The van der Waals surface area contributed by atoms with Gasteiger partial charge in [0.2, 0.25) is 11.8 Å². The molecular formula is C16H14Cl2N2O6. The third kappa shape index (κ3) is 6.96. The van der Waals surface area contributed by atoms with Gasteiger partial charge < -0.3 is 20.1 Å². The van der Waals surface area contributed by atoms with Crippen LogP contribution in [-0.2, 0) is 28.7 Å². The number of halogens is 2. The molecule has 1 aromatic rings. The Balaban J connectivity index is 2.69. The zero-order valence-corrected chi connectivity index (χ0v) is 15.2. The minimum Gasteiger partial charge on any atom is -0.465 e. The molecular weight excluding hydrogens is 387 g/mol. The molecule has 10 heteroatoms. The predicted molar refractivity (Wildman–Crippen MR) is 95.6 cm³/mol. The molecule has 0 spiro atoms. The third-order valence-electron chi connectivity index (χ3n) is 2.70. The zero-order valence-electron chi connectivity index (χ0n) is 13.7. The highest BCUT2D eigenvalue weighted by Gasteiger charge is 2.10. The number of esters is 2. The molecule has 0 bridgehead atoms. The molecule has 1 rings (SSSR count). The summed E-state index contributed by atoms with van der Waals surface area (Å²) in [5.74, 6) is -2.94. The first-order valence-corrected chi connectivity index (χ1v) is 7.65. The molecule has 0 saturated carbocycles. The number of benzene rings is 1. The maximum Gasteiger partial charge on any atom is 0.349 e. The first-order chi connectivity index (χ1) is 12.3. The van der Waals surface area contributed by atoms with E-state index in [0.717, 1.165) is 26.4 Å². The Hall–Kier alpha value is -2.84. The Morgan fingerprint density at radius 1 is 0.769 bits per heavy atom. The molecule has 0 aliphatic heterocycles. The molecule has 0 aliphatic rings. The van der Waals surface area contributed by atoms with Gasteiger partial charge in [-0.05, 0) is 24.3 Å². The van der Waals surface area contributed by atoms with Crippen LogP contribution in [0, 0.1) is 0 Å². The van der Waals surface area contributed by atoms with Gasteiger partial charge in [-0.2, -0.15) is 0 Å². The number of hydrogen-bond donors (Lipinski definition) is 2. The summed E-state index contributed by atoms with van der Waals surface area (Å²) in [6.45, 7) is 0. The van der Waals surface area contributed by atoms with Crippen molar-refractivity contribution in [1.82, 2.24) is 0 Å². The van der Waals surface area contributed by atoms with Gasteiger partial charge in [0.1, 0.15) is 10.1 Å². The van der Waals surface area contributed by atoms with E-state index < -0.39 is 23.8 Å². The number of ether oxygens (including phenoxy) is 2. The van der Waals surface area contributed by atoms with Crippen LogP contribution in [0.3, 0.4) is 0 Å². The molecule has 2 N–H and O–H groups in total. The molecule has 0 atom stereocenters. The number of amides is 2. The van der Waals surface area contributed by atoms with Crippen LogP contribution in [0.15, 0.2) is 46.5 Å². The van der Waals surface area contributed by atoms with Gasteiger partial charge in [0.15, 0.2) is 0 Å². The maximum atomic E-state index is 11.7. The van der Waals surface area contributed by atoms with Crippen molar-refractivity contribution in [2.45, 2.75) is 0 Å². The minimum atomic E-state index is -0.835. The maximum absolute atomic E-state index is 11.7. The van der Waals surface area contributed by atoms with E-state index in [9.17, 15) is 19.2 Å². The normalized spacial score (nSPS) is 11.4. The van der Waals surface area contributed by atoms with Crippen molar-refractivity contribution in [3.8, 4) is 0 Å². The lowest BCUT2D eigenvalue weighted by Gasteiger charge is -2.06. The van der Waals surface area contributed by atoms with Gasteiger partial charge in [-0.1, -0.05) is 23.2 Å². The molecule has 138 valence electrons. The summed E-state index contributed by atoms with van der Waals surface area (Å²) in [5, 5.41) is 4.20. The van der Waals surface area contributed by atoms with Crippen molar-refractivity contribution >= 4 is 58.3 Å². The van der Waals surface area contributed by atoms with E-state index in [0.29, 0.717) is 11.4 Å². The van der Waals surface area contributed by atoms with Crippen LogP contribution in [0.1, 0.15) is 0 Å². The predicted octanol–water partition coefficient (Wildman–Crippen LogP) is 2.16. The second kappa shape index (κ2) is 10.2. The Kier molecular flexibility index (Phi) is 8.33. The van der Waals surface area contributed by atoms with E-state index in [1.54, 1.807) is 0 Å². The van der Waals surface area contributed by atoms with Crippen LogP contribution < -0.4 is 10.6 Å². The largest absolute Gasteiger partial charge is 0.465 e. The fourth-order valence-corrected chi connectivity index (χ4v) is 1.89. The Labute approximate surface area is 158 Å². The Morgan fingerprint density at radius 3 is 1.35 bits per heavy atom. The highest BCUT2D eigenvalue weighted by atomic mass is 35.5. The van der Waals surface area contributed by atoms with Crippen LogP contribution in [-0.4, -0.2) is 38.0 Å². The van der Waals surface area contributed by atoms with Gasteiger partial charge >= 0.3 is 11.9 Å². The molecule has 0 fully saturated rings. The van der Waals surface area contributed by atoms with Crippen LogP contribution >= 0.6 is 23.2 Å². The fraction of sp³-hybridized carbons (Fsp3) is 0.125. The molecule has 26 heavy (non-hydrogen) atoms. The van der Waals surface area contributed by atoms with Crippen molar-refractivity contribution < 1.29 is 28.7 Å². The second-order valence-corrected chi connectivity index (χ2v) is 5.34. The molecule has 2 amide bonds. The summed E-state index contributed by atoms with van der Waals surface area (Å²) < 4.78 is 8.73.